The van der Waals surface area contributed by atoms with E-state index < -0.39 is 12.1 Å². The van der Waals surface area contributed by atoms with E-state index in [0.29, 0.717) is 19.4 Å². The molecular weight excluding hydrogens is 671 g/mol. The van der Waals surface area contributed by atoms with Crippen molar-refractivity contribution in [1.29, 1.82) is 0 Å². The number of aliphatic hydroxyl groups excluding tert-OH is 2. The second-order valence-electron chi connectivity index (χ2n) is 16.5. The number of allylic oxidation sites excluding steroid dienone is 1. The summed E-state index contributed by atoms with van der Waals surface area (Å²) in [5.41, 5.74) is 0. The Morgan fingerprint density at radius 2 is 0.852 bits per heavy atom. The first kappa shape index (κ1) is 52.6. The monoisotopic (exact) mass is 764 g/mol. The van der Waals surface area contributed by atoms with E-state index in [9.17, 15) is 19.8 Å². The van der Waals surface area contributed by atoms with Gasteiger partial charge in [0.1, 0.15) is 0 Å². The molecule has 320 valence electrons. The molecule has 6 nitrogen and oxygen atoms in total. The number of ether oxygens (including phenoxy) is 1. The zero-order chi connectivity index (χ0) is 39.4. The SMILES string of the molecule is CCCCCCCCCCCC/C=C/C(O)C(CO)NC(=O)CCCCCCCCCCCOC(=O)CCCCCCCCCCCCCCCCCC. The number of esters is 1. The van der Waals surface area contributed by atoms with Gasteiger partial charge in [-0.15, -0.1) is 0 Å². The average Bonchev–Trinajstić information content (AvgIpc) is 3.17. The fourth-order valence-corrected chi connectivity index (χ4v) is 7.34. The highest BCUT2D eigenvalue weighted by atomic mass is 16.5. The molecule has 0 radical (unpaired) electrons. The standard InChI is InChI=1S/C48H93NO5/c1-3-5-7-9-11-13-15-17-18-19-20-22-26-30-34-38-42-48(53)54-43-39-35-31-27-23-25-29-33-37-41-47(52)49-45(44-50)46(51)40-36-32-28-24-21-16-14-12-10-8-6-4-2/h36,40,45-46,50-51H,3-35,37-39,41-44H2,1-2H3,(H,49,52)/b40-36+. The van der Waals surface area contributed by atoms with Gasteiger partial charge in [-0.2, -0.15) is 0 Å². The smallest absolute Gasteiger partial charge is 0.305 e. The summed E-state index contributed by atoms with van der Waals surface area (Å²) in [7, 11) is 0. The molecule has 0 saturated heterocycles. The van der Waals surface area contributed by atoms with Gasteiger partial charge in [-0.05, 0) is 32.1 Å². The van der Waals surface area contributed by atoms with Crippen LogP contribution in [0.4, 0.5) is 0 Å². The fraction of sp³-hybridized carbons (Fsp3) is 0.917. The van der Waals surface area contributed by atoms with Crippen LogP contribution in [0, 0.1) is 0 Å². The van der Waals surface area contributed by atoms with Gasteiger partial charge >= 0.3 is 5.97 Å². The Kier molecular flexibility index (Phi) is 43.2. The minimum Gasteiger partial charge on any atom is -0.466 e. The average molecular weight is 764 g/mol. The van der Waals surface area contributed by atoms with E-state index in [1.54, 1.807) is 6.08 Å². The van der Waals surface area contributed by atoms with Gasteiger partial charge in [0, 0.05) is 12.8 Å². The number of unbranched alkanes of at least 4 members (excludes halogenated alkanes) is 33. The van der Waals surface area contributed by atoms with Gasteiger partial charge in [0.15, 0.2) is 0 Å². The van der Waals surface area contributed by atoms with Crippen molar-refractivity contribution >= 4 is 11.9 Å². The first-order valence-electron chi connectivity index (χ1n) is 24.0. The van der Waals surface area contributed by atoms with E-state index in [0.717, 1.165) is 57.8 Å². The maximum atomic E-state index is 12.4. The quantitative estimate of drug-likeness (QED) is 0.0326. The molecule has 0 aromatic rings. The number of hydrogen-bond acceptors (Lipinski definition) is 5. The first-order valence-corrected chi connectivity index (χ1v) is 24.0. The van der Waals surface area contributed by atoms with Crippen LogP contribution in [-0.2, 0) is 14.3 Å². The number of aliphatic hydroxyl groups is 2. The van der Waals surface area contributed by atoms with Gasteiger partial charge in [0.25, 0.3) is 0 Å². The van der Waals surface area contributed by atoms with Gasteiger partial charge < -0.3 is 20.3 Å². The minimum absolute atomic E-state index is 0.0243. The third-order valence-corrected chi connectivity index (χ3v) is 11.1. The van der Waals surface area contributed by atoms with Crippen molar-refractivity contribution in [3.05, 3.63) is 12.2 Å². The Balaban J connectivity index is 3.49. The number of carbonyl (C=O) groups excluding carboxylic acids is 2. The predicted molar refractivity (Wildman–Crippen MR) is 232 cm³/mol. The zero-order valence-corrected chi connectivity index (χ0v) is 36.2. The van der Waals surface area contributed by atoms with Crippen molar-refractivity contribution in [2.24, 2.45) is 0 Å². The van der Waals surface area contributed by atoms with E-state index >= 15 is 0 Å². The van der Waals surface area contributed by atoms with E-state index in [4.69, 9.17) is 4.74 Å². The second kappa shape index (κ2) is 44.3. The van der Waals surface area contributed by atoms with Crippen molar-refractivity contribution in [3.8, 4) is 0 Å². The molecule has 0 aliphatic carbocycles. The van der Waals surface area contributed by atoms with Gasteiger partial charge in [0.2, 0.25) is 5.91 Å². The Bertz CT molecular complexity index is 802. The summed E-state index contributed by atoms with van der Waals surface area (Å²) < 4.78 is 5.45. The zero-order valence-electron chi connectivity index (χ0n) is 36.2. The molecule has 0 spiro atoms. The largest absolute Gasteiger partial charge is 0.466 e. The highest BCUT2D eigenvalue weighted by Crippen LogP contribution is 2.16. The van der Waals surface area contributed by atoms with Gasteiger partial charge in [-0.25, -0.2) is 0 Å². The number of amides is 1. The van der Waals surface area contributed by atoms with Crippen LogP contribution in [0.1, 0.15) is 258 Å². The minimum atomic E-state index is -0.859. The topological polar surface area (TPSA) is 95.9 Å². The Morgan fingerprint density at radius 1 is 0.500 bits per heavy atom. The van der Waals surface area contributed by atoms with Crippen LogP contribution in [0.5, 0.6) is 0 Å². The molecule has 1 amide bonds. The summed E-state index contributed by atoms with van der Waals surface area (Å²) in [5.74, 6) is -0.120. The van der Waals surface area contributed by atoms with Gasteiger partial charge in [-0.1, -0.05) is 225 Å². The number of carbonyl (C=O) groups is 2. The van der Waals surface area contributed by atoms with Crippen molar-refractivity contribution in [1.82, 2.24) is 5.32 Å². The number of rotatable bonds is 44. The summed E-state index contributed by atoms with van der Waals surface area (Å²) in [6, 6.07) is -0.645. The Labute approximate surface area is 336 Å². The highest BCUT2D eigenvalue weighted by Gasteiger charge is 2.18. The lowest BCUT2D eigenvalue weighted by Crippen LogP contribution is -2.45. The molecule has 0 bridgehead atoms. The van der Waals surface area contributed by atoms with Crippen LogP contribution < -0.4 is 5.32 Å². The second-order valence-corrected chi connectivity index (χ2v) is 16.5. The summed E-state index contributed by atoms with van der Waals surface area (Å²) in [6.45, 7) is 4.83. The predicted octanol–water partition coefficient (Wildman–Crippen LogP) is 13.8. The van der Waals surface area contributed by atoms with Crippen LogP contribution in [0.2, 0.25) is 0 Å². The molecule has 6 heteroatoms. The van der Waals surface area contributed by atoms with Crippen LogP contribution in [0.3, 0.4) is 0 Å². The third-order valence-electron chi connectivity index (χ3n) is 11.1. The van der Waals surface area contributed by atoms with Crippen molar-refractivity contribution in [2.75, 3.05) is 13.2 Å². The normalized spacial score (nSPS) is 12.7. The molecule has 54 heavy (non-hydrogen) atoms. The van der Waals surface area contributed by atoms with E-state index in [1.807, 2.05) is 6.08 Å². The molecule has 0 aliphatic heterocycles. The Morgan fingerprint density at radius 3 is 1.26 bits per heavy atom. The van der Waals surface area contributed by atoms with E-state index in [1.165, 1.54) is 173 Å². The molecule has 0 fully saturated rings. The highest BCUT2D eigenvalue weighted by molar-refractivity contribution is 5.76. The molecule has 0 rings (SSSR count). The lowest BCUT2D eigenvalue weighted by molar-refractivity contribution is -0.143. The van der Waals surface area contributed by atoms with Crippen LogP contribution >= 0.6 is 0 Å². The maximum Gasteiger partial charge on any atom is 0.305 e. The molecular formula is C48H93NO5. The molecule has 3 N–H and O–H groups in total. The number of hydrogen-bond donors (Lipinski definition) is 3. The van der Waals surface area contributed by atoms with Crippen molar-refractivity contribution < 1.29 is 24.5 Å². The maximum absolute atomic E-state index is 12.4. The lowest BCUT2D eigenvalue weighted by Gasteiger charge is -2.20. The van der Waals surface area contributed by atoms with Gasteiger partial charge in [-0.3, -0.25) is 9.59 Å². The Hall–Kier alpha value is -1.40. The molecule has 2 unspecified atom stereocenters. The van der Waals surface area contributed by atoms with E-state index in [-0.39, 0.29) is 18.5 Å². The first-order chi connectivity index (χ1) is 26.5. The van der Waals surface area contributed by atoms with Crippen LogP contribution in [0.15, 0.2) is 12.2 Å². The number of nitrogens with one attached hydrogen (secondary N) is 1. The molecule has 0 aromatic carbocycles. The lowest BCUT2D eigenvalue weighted by atomic mass is 10.0. The fourth-order valence-electron chi connectivity index (χ4n) is 7.34. The molecule has 0 aliphatic rings. The molecule has 2 atom stereocenters. The molecule has 0 saturated carbocycles. The van der Waals surface area contributed by atoms with E-state index in [2.05, 4.69) is 19.2 Å². The third kappa shape index (κ3) is 40.3. The summed E-state index contributed by atoms with van der Waals surface area (Å²) in [5, 5.41) is 22.9. The summed E-state index contributed by atoms with van der Waals surface area (Å²) in [6.07, 6.45) is 49.1. The molecule has 0 heterocycles. The molecule has 0 aromatic heterocycles. The van der Waals surface area contributed by atoms with Crippen molar-refractivity contribution in [3.63, 3.8) is 0 Å². The van der Waals surface area contributed by atoms with Crippen molar-refractivity contribution in [2.45, 2.75) is 270 Å². The van der Waals surface area contributed by atoms with Crippen LogP contribution in [-0.4, -0.2) is 47.4 Å². The summed E-state index contributed by atoms with van der Waals surface area (Å²) >= 11 is 0. The van der Waals surface area contributed by atoms with Gasteiger partial charge in [0.05, 0.1) is 25.4 Å². The van der Waals surface area contributed by atoms with Crippen LogP contribution in [0.25, 0.3) is 0 Å². The summed E-state index contributed by atoms with van der Waals surface area (Å²) in [4.78, 5) is 24.4.